The van der Waals surface area contributed by atoms with Crippen LogP contribution in [0.1, 0.15) is 17.4 Å². The summed E-state index contributed by atoms with van der Waals surface area (Å²) >= 11 is 3.93. The number of nitrogens with one attached hydrogen (secondary N) is 1. The first-order chi connectivity index (χ1) is 8.52. The predicted octanol–water partition coefficient (Wildman–Crippen LogP) is 1.16. The molecule has 0 fully saturated rings. The Morgan fingerprint density at radius 3 is 2.72 bits per heavy atom. The van der Waals surface area contributed by atoms with Crippen molar-refractivity contribution >= 4 is 23.5 Å². The minimum Gasteiger partial charge on any atom is -0.389 e. The van der Waals surface area contributed by atoms with E-state index in [2.05, 4.69) is 17.6 Å². The van der Waals surface area contributed by atoms with E-state index in [-0.39, 0.29) is 11.2 Å². The molecule has 2 unspecified atom stereocenters. The number of aryl methyl sites for hydroxylation is 1. The Hall–Kier alpha value is -1.30. The molecule has 1 aromatic heterocycles. The Kier molecular flexibility index (Phi) is 3.75. The minimum atomic E-state index is -1.03. The van der Waals surface area contributed by atoms with Crippen LogP contribution in [0.15, 0.2) is 29.1 Å². The van der Waals surface area contributed by atoms with Crippen molar-refractivity contribution in [2.24, 2.45) is 0 Å². The summed E-state index contributed by atoms with van der Waals surface area (Å²) in [6.07, 6.45) is -1.98. The Labute approximate surface area is 110 Å². The van der Waals surface area contributed by atoms with Crippen molar-refractivity contribution in [3.63, 3.8) is 0 Å². The summed E-state index contributed by atoms with van der Waals surface area (Å²) in [5.74, 6) is 0.156. The van der Waals surface area contributed by atoms with E-state index < -0.39 is 12.2 Å². The molecular weight excluding hydrogens is 250 g/mol. The second kappa shape index (κ2) is 5.14. The summed E-state index contributed by atoms with van der Waals surface area (Å²) in [6, 6.07) is 6.53. The molecule has 18 heavy (non-hydrogen) atoms. The van der Waals surface area contributed by atoms with Gasteiger partial charge in [0.05, 0.1) is 6.10 Å². The average Bonchev–Trinajstić information content (AvgIpc) is 2.36. The van der Waals surface area contributed by atoms with Crippen LogP contribution in [0.3, 0.4) is 0 Å². The molecule has 96 valence electrons. The van der Waals surface area contributed by atoms with Crippen LogP contribution in [0, 0.1) is 6.92 Å². The highest BCUT2D eigenvalue weighted by molar-refractivity contribution is 7.80. The van der Waals surface area contributed by atoms with Gasteiger partial charge < -0.3 is 15.2 Å². The van der Waals surface area contributed by atoms with Crippen molar-refractivity contribution in [2.45, 2.75) is 19.1 Å². The van der Waals surface area contributed by atoms with Gasteiger partial charge in [0.1, 0.15) is 6.10 Å². The maximum Gasteiger partial charge on any atom is 0.189 e. The quantitative estimate of drug-likeness (QED) is 0.629. The second-order valence-electron chi connectivity index (χ2n) is 4.32. The molecule has 3 N–H and O–H groups in total. The van der Waals surface area contributed by atoms with E-state index in [9.17, 15) is 15.0 Å². The third kappa shape index (κ3) is 2.43. The molecule has 0 saturated carbocycles. The van der Waals surface area contributed by atoms with Gasteiger partial charge in [0.15, 0.2) is 5.43 Å². The van der Waals surface area contributed by atoms with Gasteiger partial charge in [-0.2, -0.15) is 12.6 Å². The SMILES string of the molecule is Cc1cc(=O)c2cc(C(O)C(O)CS)ccc2[nH]1. The normalized spacial score (nSPS) is 14.7. The first-order valence-electron chi connectivity index (χ1n) is 5.63. The Balaban J connectivity index is 2.54. The zero-order chi connectivity index (χ0) is 13.3. The lowest BCUT2D eigenvalue weighted by Crippen LogP contribution is -2.20. The molecule has 2 rings (SSSR count). The van der Waals surface area contributed by atoms with Crippen LogP contribution in [0.25, 0.3) is 10.9 Å². The second-order valence-corrected chi connectivity index (χ2v) is 4.68. The molecule has 0 spiro atoms. The molecule has 1 heterocycles. The highest BCUT2D eigenvalue weighted by Crippen LogP contribution is 2.20. The number of hydrogen-bond acceptors (Lipinski definition) is 4. The lowest BCUT2D eigenvalue weighted by atomic mass is 10.0. The van der Waals surface area contributed by atoms with Crippen LogP contribution in [0.2, 0.25) is 0 Å². The summed E-state index contributed by atoms with van der Waals surface area (Å²) in [4.78, 5) is 14.9. The lowest BCUT2D eigenvalue weighted by molar-refractivity contribution is 0.0338. The van der Waals surface area contributed by atoms with E-state index in [1.807, 2.05) is 6.92 Å². The number of benzene rings is 1. The molecule has 0 radical (unpaired) electrons. The van der Waals surface area contributed by atoms with E-state index in [1.54, 1.807) is 18.2 Å². The van der Waals surface area contributed by atoms with Crippen LogP contribution in [-0.4, -0.2) is 27.1 Å². The average molecular weight is 265 g/mol. The van der Waals surface area contributed by atoms with Crippen LogP contribution >= 0.6 is 12.6 Å². The molecule has 4 nitrogen and oxygen atoms in total. The fourth-order valence-corrected chi connectivity index (χ4v) is 2.10. The first kappa shape index (κ1) is 13.1. The third-order valence-electron chi connectivity index (χ3n) is 2.88. The number of aromatic nitrogens is 1. The molecule has 2 atom stereocenters. The molecule has 0 aliphatic heterocycles. The zero-order valence-corrected chi connectivity index (χ0v) is 10.8. The standard InChI is InChI=1S/C13H15NO3S/c1-7-4-11(15)9-5-8(2-3-10(9)14-7)13(17)12(16)6-18/h2-5,12-13,16-18H,6H2,1H3,(H,14,15). The van der Waals surface area contributed by atoms with Crippen molar-refractivity contribution in [1.82, 2.24) is 4.98 Å². The number of thiol groups is 1. The van der Waals surface area contributed by atoms with Crippen molar-refractivity contribution in [1.29, 1.82) is 0 Å². The number of aliphatic hydroxyl groups excluding tert-OH is 2. The van der Waals surface area contributed by atoms with E-state index in [1.165, 1.54) is 6.07 Å². The topological polar surface area (TPSA) is 73.3 Å². The van der Waals surface area contributed by atoms with Crippen molar-refractivity contribution in [2.75, 3.05) is 5.75 Å². The number of hydrogen-bond donors (Lipinski definition) is 4. The fourth-order valence-electron chi connectivity index (χ4n) is 1.90. The monoisotopic (exact) mass is 265 g/mol. The first-order valence-corrected chi connectivity index (χ1v) is 6.26. The molecule has 0 aliphatic carbocycles. The Bertz CT molecular complexity index is 623. The predicted molar refractivity (Wildman–Crippen MR) is 74.1 cm³/mol. The molecule has 0 aliphatic rings. The van der Waals surface area contributed by atoms with Gasteiger partial charge in [-0.25, -0.2) is 0 Å². The van der Waals surface area contributed by atoms with Crippen LogP contribution in [-0.2, 0) is 0 Å². The van der Waals surface area contributed by atoms with E-state index in [4.69, 9.17) is 0 Å². The van der Waals surface area contributed by atoms with Crippen molar-refractivity contribution in [3.8, 4) is 0 Å². The molecule has 0 saturated heterocycles. The summed E-state index contributed by atoms with van der Waals surface area (Å²) in [5, 5.41) is 19.9. The summed E-state index contributed by atoms with van der Waals surface area (Å²) in [7, 11) is 0. The largest absolute Gasteiger partial charge is 0.389 e. The number of H-pyrrole nitrogens is 1. The lowest BCUT2D eigenvalue weighted by Gasteiger charge is -2.16. The van der Waals surface area contributed by atoms with E-state index >= 15 is 0 Å². The Morgan fingerprint density at radius 1 is 1.33 bits per heavy atom. The van der Waals surface area contributed by atoms with Gasteiger partial charge >= 0.3 is 0 Å². The fraction of sp³-hybridized carbons (Fsp3) is 0.308. The van der Waals surface area contributed by atoms with Gasteiger partial charge in [-0.1, -0.05) is 6.07 Å². The van der Waals surface area contributed by atoms with Gasteiger partial charge in [-0.05, 0) is 24.6 Å². The van der Waals surface area contributed by atoms with Gasteiger partial charge in [0, 0.05) is 28.4 Å². The molecule has 0 bridgehead atoms. The van der Waals surface area contributed by atoms with E-state index in [0.29, 0.717) is 10.9 Å². The highest BCUT2D eigenvalue weighted by atomic mass is 32.1. The number of aliphatic hydroxyl groups is 2. The number of fused-ring (bicyclic) bond motifs is 1. The highest BCUT2D eigenvalue weighted by Gasteiger charge is 2.17. The number of rotatable bonds is 3. The molecular formula is C13H15NO3S. The molecule has 5 heteroatoms. The zero-order valence-electron chi connectivity index (χ0n) is 9.92. The Morgan fingerprint density at radius 2 is 2.06 bits per heavy atom. The molecule has 0 amide bonds. The molecule has 2 aromatic rings. The van der Waals surface area contributed by atoms with Gasteiger partial charge in [0.25, 0.3) is 0 Å². The summed E-state index contributed by atoms with van der Waals surface area (Å²) in [5.41, 5.74) is 1.92. The van der Waals surface area contributed by atoms with Gasteiger partial charge in [-0.15, -0.1) is 0 Å². The van der Waals surface area contributed by atoms with Gasteiger partial charge in [-0.3, -0.25) is 4.79 Å². The number of pyridine rings is 1. The minimum absolute atomic E-state index is 0.101. The maximum atomic E-state index is 11.8. The van der Waals surface area contributed by atoms with Crippen LogP contribution < -0.4 is 5.43 Å². The van der Waals surface area contributed by atoms with Crippen molar-refractivity contribution < 1.29 is 10.2 Å². The van der Waals surface area contributed by atoms with E-state index in [0.717, 1.165) is 11.2 Å². The van der Waals surface area contributed by atoms with Crippen LogP contribution in [0.5, 0.6) is 0 Å². The maximum absolute atomic E-state index is 11.8. The summed E-state index contributed by atoms with van der Waals surface area (Å²) < 4.78 is 0. The molecule has 1 aromatic carbocycles. The van der Waals surface area contributed by atoms with Crippen molar-refractivity contribution in [3.05, 3.63) is 45.7 Å². The third-order valence-corrected chi connectivity index (χ3v) is 3.26. The summed E-state index contributed by atoms with van der Waals surface area (Å²) in [6.45, 7) is 1.81. The van der Waals surface area contributed by atoms with Gasteiger partial charge in [0.2, 0.25) is 0 Å². The number of aromatic amines is 1. The van der Waals surface area contributed by atoms with Crippen LogP contribution in [0.4, 0.5) is 0 Å². The smallest absolute Gasteiger partial charge is 0.189 e.